The van der Waals surface area contributed by atoms with Crippen molar-refractivity contribution in [3.8, 4) is 6.07 Å². The maximum atomic E-state index is 13.4. The molecule has 2 saturated heterocycles. The molecule has 5 nitrogen and oxygen atoms in total. The highest BCUT2D eigenvalue weighted by Gasteiger charge is 2.63. The van der Waals surface area contributed by atoms with E-state index in [2.05, 4.69) is 6.07 Å². The molecular formula is C22H17N3O2. The number of amides is 2. The molecule has 0 spiro atoms. The minimum Gasteiger partial charge on any atom is -0.353 e. The van der Waals surface area contributed by atoms with Gasteiger partial charge in [0, 0.05) is 6.20 Å². The number of nitrogens with zero attached hydrogens (tertiary/aromatic N) is 3. The van der Waals surface area contributed by atoms with E-state index < -0.39 is 17.9 Å². The fourth-order valence-corrected chi connectivity index (χ4v) is 4.65. The van der Waals surface area contributed by atoms with Crippen LogP contribution in [0.2, 0.25) is 0 Å². The van der Waals surface area contributed by atoms with E-state index in [1.807, 2.05) is 60.5 Å². The Morgan fingerprint density at radius 2 is 1.67 bits per heavy atom. The zero-order valence-electron chi connectivity index (χ0n) is 14.7. The van der Waals surface area contributed by atoms with Crippen molar-refractivity contribution >= 4 is 23.6 Å². The number of nitriles is 1. The molecule has 0 unspecified atom stereocenters. The largest absolute Gasteiger partial charge is 0.353 e. The Morgan fingerprint density at radius 1 is 0.963 bits per heavy atom. The Hall–Kier alpha value is -3.39. The van der Waals surface area contributed by atoms with E-state index in [4.69, 9.17) is 0 Å². The summed E-state index contributed by atoms with van der Waals surface area (Å²) in [7, 11) is 0. The van der Waals surface area contributed by atoms with Crippen molar-refractivity contribution < 1.29 is 9.59 Å². The normalized spacial score (nSPS) is 28.0. The van der Waals surface area contributed by atoms with Crippen LogP contribution in [0.5, 0.6) is 0 Å². The Bertz CT molecular complexity index is 1030. The fourth-order valence-electron chi connectivity index (χ4n) is 4.65. The van der Waals surface area contributed by atoms with Crippen molar-refractivity contribution in [2.45, 2.75) is 19.0 Å². The third kappa shape index (κ3) is 2.04. The molecule has 5 rings (SSSR count). The van der Waals surface area contributed by atoms with Crippen molar-refractivity contribution in [2.24, 2.45) is 11.8 Å². The molecule has 2 amide bonds. The SMILES string of the molecule is Cc1ccc(N2C(=O)[C@@H]3[C@H](C2=O)[C@H](C#N)N2C=Cc4ccccc4[C@@H]32)cc1. The average Bonchev–Trinajstić information content (AvgIpc) is 3.15. The van der Waals surface area contributed by atoms with E-state index in [-0.39, 0.29) is 17.9 Å². The van der Waals surface area contributed by atoms with Gasteiger partial charge < -0.3 is 4.90 Å². The molecule has 27 heavy (non-hydrogen) atoms. The lowest BCUT2D eigenvalue weighted by atomic mass is 9.85. The van der Waals surface area contributed by atoms with Gasteiger partial charge in [-0.25, -0.2) is 4.90 Å². The summed E-state index contributed by atoms with van der Waals surface area (Å²) < 4.78 is 0. The van der Waals surface area contributed by atoms with Crippen LogP contribution < -0.4 is 4.90 Å². The summed E-state index contributed by atoms with van der Waals surface area (Å²) in [6.07, 6.45) is 3.81. The molecule has 2 fully saturated rings. The van der Waals surface area contributed by atoms with Gasteiger partial charge in [0.25, 0.3) is 0 Å². The van der Waals surface area contributed by atoms with E-state index in [0.717, 1.165) is 16.7 Å². The van der Waals surface area contributed by atoms with Crippen LogP contribution in [0.15, 0.2) is 54.7 Å². The molecule has 0 saturated carbocycles. The van der Waals surface area contributed by atoms with E-state index in [1.54, 1.807) is 12.1 Å². The maximum Gasteiger partial charge on any atom is 0.240 e. The van der Waals surface area contributed by atoms with Gasteiger partial charge in [-0.2, -0.15) is 5.26 Å². The van der Waals surface area contributed by atoms with E-state index in [0.29, 0.717) is 5.69 Å². The molecule has 0 aliphatic carbocycles. The second kappa shape index (κ2) is 5.55. The highest BCUT2D eigenvalue weighted by atomic mass is 16.2. The third-order valence-corrected chi connectivity index (χ3v) is 5.89. The van der Waals surface area contributed by atoms with Crippen LogP contribution in [0.25, 0.3) is 6.08 Å². The number of anilines is 1. The number of benzene rings is 2. The molecule has 2 aromatic rings. The lowest BCUT2D eigenvalue weighted by molar-refractivity contribution is -0.123. The van der Waals surface area contributed by atoms with Gasteiger partial charge in [-0.15, -0.1) is 0 Å². The quantitative estimate of drug-likeness (QED) is 0.738. The summed E-state index contributed by atoms with van der Waals surface area (Å²) in [5, 5.41) is 9.79. The minimum absolute atomic E-state index is 0.216. The highest BCUT2D eigenvalue weighted by molar-refractivity contribution is 6.23. The van der Waals surface area contributed by atoms with Gasteiger partial charge in [0.15, 0.2) is 0 Å². The number of aryl methyl sites for hydroxylation is 1. The van der Waals surface area contributed by atoms with Crippen LogP contribution in [0.3, 0.4) is 0 Å². The molecule has 0 N–H and O–H groups in total. The van der Waals surface area contributed by atoms with E-state index in [9.17, 15) is 14.9 Å². The van der Waals surface area contributed by atoms with Gasteiger partial charge >= 0.3 is 0 Å². The number of carbonyl (C=O) groups excluding carboxylic acids is 2. The van der Waals surface area contributed by atoms with Crippen molar-refractivity contribution in [3.05, 3.63) is 71.4 Å². The number of rotatable bonds is 1. The highest BCUT2D eigenvalue weighted by Crippen LogP contribution is 2.52. The molecule has 5 heteroatoms. The standard InChI is InChI=1S/C22H17N3O2/c1-13-6-8-15(9-7-13)25-21(26)18-17(12-23)24-11-10-14-4-2-3-5-16(14)20(24)19(18)22(25)27/h2-11,17-20H,1H3/t17-,18+,19+,20-/m0/s1. The van der Waals surface area contributed by atoms with Crippen LogP contribution >= 0.6 is 0 Å². The molecule has 3 aliphatic heterocycles. The van der Waals surface area contributed by atoms with Crippen molar-refractivity contribution in [1.29, 1.82) is 5.26 Å². The van der Waals surface area contributed by atoms with Crippen LogP contribution in [0, 0.1) is 30.1 Å². The van der Waals surface area contributed by atoms with Gasteiger partial charge in [-0.05, 0) is 36.3 Å². The summed E-state index contributed by atoms with van der Waals surface area (Å²) in [6.45, 7) is 1.96. The third-order valence-electron chi connectivity index (χ3n) is 5.89. The van der Waals surface area contributed by atoms with Crippen LogP contribution in [-0.4, -0.2) is 22.8 Å². The Morgan fingerprint density at radius 3 is 2.41 bits per heavy atom. The topological polar surface area (TPSA) is 64.4 Å². The molecule has 3 aliphatic rings. The second-order valence-electron chi connectivity index (χ2n) is 7.31. The summed E-state index contributed by atoms with van der Waals surface area (Å²) in [6, 6.07) is 16.6. The first-order valence-corrected chi connectivity index (χ1v) is 9.00. The van der Waals surface area contributed by atoms with Gasteiger partial charge in [0.05, 0.1) is 29.6 Å². The first-order valence-electron chi connectivity index (χ1n) is 9.00. The van der Waals surface area contributed by atoms with Crippen molar-refractivity contribution in [2.75, 3.05) is 4.90 Å². The first kappa shape index (κ1) is 15.8. The molecule has 0 radical (unpaired) electrons. The zero-order valence-corrected chi connectivity index (χ0v) is 14.7. The van der Waals surface area contributed by atoms with E-state index >= 15 is 0 Å². The first-order chi connectivity index (χ1) is 13.1. The van der Waals surface area contributed by atoms with E-state index in [1.165, 1.54) is 4.90 Å². The maximum absolute atomic E-state index is 13.4. The summed E-state index contributed by atoms with van der Waals surface area (Å²) >= 11 is 0. The molecule has 0 bridgehead atoms. The number of hydrogen-bond acceptors (Lipinski definition) is 4. The Kier molecular flexibility index (Phi) is 3.26. The van der Waals surface area contributed by atoms with Gasteiger partial charge in [0.2, 0.25) is 11.8 Å². The number of hydrogen-bond donors (Lipinski definition) is 0. The van der Waals surface area contributed by atoms with Gasteiger partial charge in [0.1, 0.15) is 6.04 Å². The van der Waals surface area contributed by atoms with Crippen molar-refractivity contribution in [3.63, 3.8) is 0 Å². The van der Waals surface area contributed by atoms with Crippen LogP contribution in [-0.2, 0) is 9.59 Å². The Balaban J connectivity index is 1.63. The molecule has 132 valence electrons. The van der Waals surface area contributed by atoms with Gasteiger partial charge in [-0.3, -0.25) is 9.59 Å². The van der Waals surface area contributed by atoms with Crippen molar-refractivity contribution in [1.82, 2.24) is 4.90 Å². The number of fused-ring (bicyclic) bond motifs is 5. The molecule has 3 heterocycles. The predicted octanol–water partition coefficient (Wildman–Crippen LogP) is 3.03. The zero-order chi connectivity index (χ0) is 18.7. The minimum atomic E-state index is -0.649. The number of carbonyl (C=O) groups is 2. The van der Waals surface area contributed by atoms with Crippen LogP contribution in [0.4, 0.5) is 5.69 Å². The predicted molar refractivity (Wildman–Crippen MR) is 100 cm³/mol. The molecule has 0 aromatic heterocycles. The molecule has 2 aromatic carbocycles. The summed E-state index contributed by atoms with van der Waals surface area (Å²) in [5.41, 5.74) is 3.67. The summed E-state index contributed by atoms with van der Waals surface area (Å²) in [5.74, 6) is -1.69. The molecule has 4 atom stereocenters. The van der Waals surface area contributed by atoms with Gasteiger partial charge in [-0.1, -0.05) is 42.0 Å². The fraction of sp³-hybridized carbons (Fsp3) is 0.227. The Labute approximate surface area is 157 Å². The van der Waals surface area contributed by atoms with Crippen LogP contribution in [0.1, 0.15) is 22.7 Å². The summed E-state index contributed by atoms with van der Waals surface area (Å²) in [4.78, 5) is 29.7. The monoisotopic (exact) mass is 355 g/mol. The lowest BCUT2D eigenvalue weighted by Gasteiger charge is -2.33. The number of imide groups is 1. The second-order valence-corrected chi connectivity index (χ2v) is 7.31. The average molecular weight is 355 g/mol. The smallest absolute Gasteiger partial charge is 0.240 e. The lowest BCUT2D eigenvalue weighted by Crippen LogP contribution is -2.40. The molecular weight excluding hydrogens is 338 g/mol.